The molecule has 0 aliphatic carbocycles. The van der Waals surface area contributed by atoms with Crippen molar-refractivity contribution in [2.45, 2.75) is 25.0 Å². The molecule has 0 amide bonds. The van der Waals surface area contributed by atoms with Gasteiger partial charge < -0.3 is 10.1 Å². The third-order valence-corrected chi connectivity index (χ3v) is 5.40. The highest BCUT2D eigenvalue weighted by molar-refractivity contribution is 5.81. The van der Waals surface area contributed by atoms with Crippen LogP contribution in [0.2, 0.25) is 0 Å². The molecule has 5 rings (SSSR count). The van der Waals surface area contributed by atoms with E-state index in [-0.39, 0.29) is 6.10 Å². The van der Waals surface area contributed by atoms with Gasteiger partial charge in [0.1, 0.15) is 11.9 Å². The standard InChI is InChI=1S/C21H23FN2O2/c22-18-9-5-4-8-17(18)20(23-16-6-2-1-3-7-16)21(25)26-19-14-24-12-10-15(19)11-13-24/h1-9,15,19-20,23H,10-14H2/t19-,20+/m0/s1. The molecule has 0 aromatic heterocycles. The van der Waals surface area contributed by atoms with Gasteiger partial charge in [0.25, 0.3) is 0 Å². The summed E-state index contributed by atoms with van der Waals surface area (Å²) in [5.41, 5.74) is 1.06. The average Bonchev–Trinajstić information content (AvgIpc) is 2.68. The summed E-state index contributed by atoms with van der Waals surface area (Å²) in [6.07, 6.45) is 2.03. The van der Waals surface area contributed by atoms with Gasteiger partial charge in [0, 0.05) is 17.8 Å². The Hall–Kier alpha value is -2.40. The van der Waals surface area contributed by atoms with Crippen molar-refractivity contribution in [1.29, 1.82) is 0 Å². The van der Waals surface area contributed by atoms with E-state index in [0.29, 0.717) is 11.5 Å². The fourth-order valence-corrected chi connectivity index (χ4v) is 3.94. The van der Waals surface area contributed by atoms with Gasteiger partial charge in [0.15, 0.2) is 6.04 Å². The van der Waals surface area contributed by atoms with Crippen molar-refractivity contribution in [3.8, 4) is 0 Å². The molecule has 0 unspecified atom stereocenters. The van der Waals surface area contributed by atoms with Crippen molar-refractivity contribution in [3.63, 3.8) is 0 Å². The second-order valence-electron chi connectivity index (χ2n) is 7.08. The van der Waals surface area contributed by atoms with Crippen LogP contribution in [0.3, 0.4) is 0 Å². The number of anilines is 1. The van der Waals surface area contributed by atoms with Crippen molar-refractivity contribution in [1.82, 2.24) is 4.90 Å². The number of nitrogens with one attached hydrogen (secondary N) is 1. The number of rotatable bonds is 5. The Labute approximate surface area is 153 Å². The van der Waals surface area contributed by atoms with Crippen LogP contribution in [0, 0.1) is 11.7 Å². The monoisotopic (exact) mass is 354 g/mol. The molecule has 0 saturated carbocycles. The number of hydrogen-bond donors (Lipinski definition) is 1. The van der Waals surface area contributed by atoms with Gasteiger partial charge in [-0.25, -0.2) is 9.18 Å². The molecule has 3 saturated heterocycles. The molecule has 2 aromatic rings. The third kappa shape index (κ3) is 3.58. The number of ether oxygens (including phenoxy) is 1. The minimum atomic E-state index is -0.867. The number of halogens is 1. The van der Waals surface area contributed by atoms with Crippen LogP contribution in [0.4, 0.5) is 10.1 Å². The quantitative estimate of drug-likeness (QED) is 0.833. The Morgan fingerprint density at radius 1 is 1.08 bits per heavy atom. The highest BCUT2D eigenvalue weighted by Crippen LogP contribution is 2.31. The number of para-hydroxylation sites is 1. The topological polar surface area (TPSA) is 41.6 Å². The lowest BCUT2D eigenvalue weighted by molar-refractivity contribution is -0.160. The Morgan fingerprint density at radius 2 is 1.77 bits per heavy atom. The molecule has 26 heavy (non-hydrogen) atoms. The highest BCUT2D eigenvalue weighted by Gasteiger charge is 2.38. The van der Waals surface area contributed by atoms with Gasteiger partial charge in [-0.15, -0.1) is 0 Å². The van der Waals surface area contributed by atoms with E-state index in [2.05, 4.69) is 10.2 Å². The number of piperidine rings is 3. The molecule has 4 nitrogen and oxygen atoms in total. The predicted molar refractivity (Wildman–Crippen MR) is 98.2 cm³/mol. The lowest BCUT2D eigenvalue weighted by Crippen LogP contribution is -2.52. The van der Waals surface area contributed by atoms with Crippen LogP contribution >= 0.6 is 0 Å². The predicted octanol–water partition coefficient (Wildman–Crippen LogP) is 3.62. The summed E-state index contributed by atoms with van der Waals surface area (Å²) >= 11 is 0. The van der Waals surface area contributed by atoms with Gasteiger partial charge in [-0.3, -0.25) is 4.90 Å². The molecule has 2 atom stereocenters. The first-order valence-corrected chi connectivity index (χ1v) is 9.19. The van der Waals surface area contributed by atoms with Gasteiger partial charge in [-0.1, -0.05) is 36.4 Å². The zero-order valence-electron chi connectivity index (χ0n) is 14.6. The molecule has 3 fully saturated rings. The Kier molecular flexibility index (Phi) is 4.89. The lowest BCUT2D eigenvalue weighted by Gasteiger charge is -2.44. The summed E-state index contributed by atoms with van der Waals surface area (Å²) in [6, 6.07) is 14.9. The van der Waals surface area contributed by atoms with Gasteiger partial charge in [0.2, 0.25) is 0 Å². The number of fused-ring (bicyclic) bond motifs is 3. The number of hydrogen-bond acceptors (Lipinski definition) is 4. The molecule has 3 aliphatic heterocycles. The van der Waals surface area contributed by atoms with Crippen LogP contribution in [0.25, 0.3) is 0 Å². The number of carbonyl (C=O) groups is 1. The van der Waals surface area contributed by atoms with Gasteiger partial charge in [0.05, 0.1) is 0 Å². The second-order valence-corrected chi connectivity index (χ2v) is 7.08. The molecule has 5 heteroatoms. The van der Waals surface area contributed by atoms with Crippen molar-refractivity contribution in [2.24, 2.45) is 5.92 Å². The summed E-state index contributed by atoms with van der Waals surface area (Å²) in [7, 11) is 0. The maximum absolute atomic E-state index is 14.4. The minimum Gasteiger partial charge on any atom is -0.459 e. The Bertz CT molecular complexity index is 760. The lowest BCUT2D eigenvalue weighted by atomic mass is 9.86. The van der Waals surface area contributed by atoms with E-state index in [4.69, 9.17) is 4.74 Å². The van der Waals surface area contributed by atoms with Gasteiger partial charge in [-0.05, 0) is 50.0 Å². The number of esters is 1. The SMILES string of the molecule is O=C(O[C@H]1CN2CCC1CC2)[C@H](Nc1ccccc1)c1ccccc1F. The van der Waals surface area contributed by atoms with Crippen LogP contribution in [0.1, 0.15) is 24.4 Å². The number of benzene rings is 2. The molecule has 3 heterocycles. The highest BCUT2D eigenvalue weighted by atomic mass is 19.1. The van der Waals surface area contributed by atoms with Crippen LogP contribution in [0.15, 0.2) is 54.6 Å². The fourth-order valence-electron chi connectivity index (χ4n) is 3.94. The third-order valence-electron chi connectivity index (χ3n) is 5.40. The first kappa shape index (κ1) is 17.0. The Balaban J connectivity index is 1.56. The van der Waals surface area contributed by atoms with E-state index < -0.39 is 17.8 Å². The fraction of sp³-hybridized carbons (Fsp3) is 0.381. The normalized spacial score (nSPS) is 25.5. The minimum absolute atomic E-state index is 0.100. The molecule has 2 bridgehead atoms. The molecule has 0 spiro atoms. The van der Waals surface area contributed by atoms with E-state index in [0.717, 1.165) is 38.2 Å². The van der Waals surface area contributed by atoms with E-state index in [1.54, 1.807) is 18.2 Å². The summed E-state index contributed by atoms with van der Waals surface area (Å²) in [6.45, 7) is 2.95. The first-order valence-electron chi connectivity index (χ1n) is 9.19. The molecule has 136 valence electrons. The first-order chi connectivity index (χ1) is 12.7. The van der Waals surface area contributed by atoms with E-state index in [1.807, 2.05) is 30.3 Å². The zero-order chi connectivity index (χ0) is 17.9. The van der Waals surface area contributed by atoms with Gasteiger partial charge in [-0.2, -0.15) is 0 Å². The number of nitrogens with zero attached hydrogens (tertiary/aromatic N) is 1. The second kappa shape index (κ2) is 7.46. The van der Waals surface area contributed by atoms with Crippen LogP contribution < -0.4 is 5.32 Å². The largest absolute Gasteiger partial charge is 0.459 e. The molecule has 1 N–H and O–H groups in total. The van der Waals surface area contributed by atoms with E-state index >= 15 is 0 Å². The summed E-state index contributed by atoms with van der Waals surface area (Å²) in [5, 5.41) is 3.14. The van der Waals surface area contributed by atoms with Crippen LogP contribution in [-0.4, -0.2) is 36.6 Å². The molecular formula is C21H23FN2O2. The smallest absolute Gasteiger partial charge is 0.333 e. The molecule has 2 aromatic carbocycles. The van der Waals surface area contributed by atoms with Crippen molar-refractivity contribution < 1.29 is 13.9 Å². The van der Waals surface area contributed by atoms with Crippen LogP contribution in [0.5, 0.6) is 0 Å². The zero-order valence-corrected chi connectivity index (χ0v) is 14.6. The molecule has 0 radical (unpaired) electrons. The maximum atomic E-state index is 14.4. The average molecular weight is 354 g/mol. The molecule has 3 aliphatic rings. The summed E-state index contributed by atoms with van der Waals surface area (Å²) in [4.78, 5) is 15.3. The Morgan fingerprint density at radius 3 is 2.42 bits per heavy atom. The van der Waals surface area contributed by atoms with Crippen molar-refractivity contribution in [3.05, 3.63) is 66.0 Å². The summed E-state index contributed by atoms with van der Waals surface area (Å²) in [5.74, 6) is -0.411. The van der Waals surface area contributed by atoms with Crippen molar-refractivity contribution in [2.75, 3.05) is 25.0 Å². The van der Waals surface area contributed by atoms with E-state index in [9.17, 15) is 9.18 Å². The molecular weight excluding hydrogens is 331 g/mol. The number of carbonyl (C=O) groups excluding carboxylic acids is 1. The maximum Gasteiger partial charge on any atom is 0.333 e. The summed E-state index contributed by atoms with van der Waals surface area (Å²) < 4.78 is 20.2. The van der Waals surface area contributed by atoms with Crippen LogP contribution in [-0.2, 0) is 9.53 Å². The van der Waals surface area contributed by atoms with E-state index in [1.165, 1.54) is 6.07 Å². The van der Waals surface area contributed by atoms with Gasteiger partial charge >= 0.3 is 5.97 Å². The van der Waals surface area contributed by atoms with Crippen molar-refractivity contribution >= 4 is 11.7 Å².